The van der Waals surface area contributed by atoms with Crippen LogP contribution in [0.1, 0.15) is 38.3 Å². The van der Waals surface area contributed by atoms with Crippen molar-refractivity contribution >= 4 is 5.91 Å². The fraction of sp³-hybridized carbons (Fsp3) is 0.692. The lowest BCUT2D eigenvalue weighted by atomic mass is 9.92. The predicted octanol–water partition coefficient (Wildman–Crippen LogP) is 1.24. The number of hydrogen-bond donors (Lipinski definition) is 2. The van der Waals surface area contributed by atoms with Crippen LogP contribution in [0.4, 0.5) is 0 Å². The Kier molecular flexibility index (Phi) is 4.36. The van der Waals surface area contributed by atoms with Gasteiger partial charge in [0.25, 0.3) is 0 Å². The van der Waals surface area contributed by atoms with Gasteiger partial charge in [0.1, 0.15) is 5.76 Å². The van der Waals surface area contributed by atoms with Crippen molar-refractivity contribution in [1.82, 2.24) is 15.6 Å². The molecule has 100 valence electrons. The monoisotopic (exact) mass is 251 g/mol. The van der Waals surface area contributed by atoms with E-state index >= 15 is 0 Å². The van der Waals surface area contributed by atoms with Crippen molar-refractivity contribution in [2.45, 2.75) is 45.7 Å². The number of nitrogens with one attached hydrogen (secondary N) is 2. The van der Waals surface area contributed by atoms with E-state index in [2.05, 4.69) is 22.5 Å². The average Bonchev–Trinajstić information content (AvgIpc) is 2.84. The third-order valence-corrected chi connectivity index (χ3v) is 3.36. The van der Waals surface area contributed by atoms with Crippen molar-refractivity contribution in [3.63, 3.8) is 0 Å². The Labute approximate surface area is 107 Å². The number of nitrogens with zero attached hydrogens (tertiary/aromatic N) is 1. The molecule has 2 atom stereocenters. The van der Waals surface area contributed by atoms with E-state index in [0.717, 1.165) is 31.6 Å². The lowest BCUT2D eigenvalue weighted by Crippen LogP contribution is -2.42. The summed E-state index contributed by atoms with van der Waals surface area (Å²) in [5, 5.41) is 6.24. The van der Waals surface area contributed by atoms with E-state index in [1.807, 2.05) is 6.92 Å². The second kappa shape index (κ2) is 6.00. The lowest BCUT2D eigenvalue weighted by Gasteiger charge is -2.26. The summed E-state index contributed by atoms with van der Waals surface area (Å²) in [5.41, 5.74) is 0. The second-order valence-electron chi connectivity index (χ2n) is 4.87. The lowest BCUT2D eigenvalue weighted by molar-refractivity contribution is -0.126. The molecule has 0 bridgehead atoms. The molecule has 0 aliphatic carbocycles. The summed E-state index contributed by atoms with van der Waals surface area (Å²) in [5.74, 6) is 1.67. The van der Waals surface area contributed by atoms with Gasteiger partial charge in [0.05, 0.1) is 12.7 Å². The summed E-state index contributed by atoms with van der Waals surface area (Å²) in [6.07, 6.45) is 4.35. The van der Waals surface area contributed by atoms with Gasteiger partial charge in [-0.05, 0) is 26.3 Å². The van der Waals surface area contributed by atoms with Crippen molar-refractivity contribution in [2.24, 2.45) is 5.92 Å². The molecule has 2 unspecified atom stereocenters. The van der Waals surface area contributed by atoms with Gasteiger partial charge >= 0.3 is 0 Å². The molecule has 2 heterocycles. The maximum atomic E-state index is 12.0. The van der Waals surface area contributed by atoms with Crippen LogP contribution in [-0.2, 0) is 17.8 Å². The Bertz CT molecular complexity index is 403. The van der Waals surface area contributed by atoms with Crippen LogP contribution in [0.5, 0.6) is 0 Å². The number of carbonyl (C=O) groups is 1. The van der Waals surface area contributed by atoms with Gasteiger partial charge in [0.15, 0.2) is 0 Å². The van der Waals surface area contributed by atoms with E-state index in [-0.39, 0.29) is 11.8 Å². The van der Waals surface area contributed by atoms with Gasteiger partial charge < -0.3 is 15.1 Å². The van der Waals surface area contributed by atoms with Gasteiger partial charge in [-0.2, -0.15) is 0 Å². The zero-order valence-corrected chi connectivity index (χ0v) is 11.0. The van der Waals surface area contributed by atoms with Crippen molar-refractivity contribution in [3.05, 3.63) is 17.8 Å². The molecule has 1 fully saturated rings. The first kappa shape index (κ1) is 13.1. The summed E-state index contributed by atoms with van der Waals surface area (Å²) >= 11 is 0. The third-order valence-electron chi connectivity index (χ3n) is 3.36. The largest absolute Gasteiger partial charge is 0.444 e. The van der Waals surface area contributed by atoms with Crippen molar-refractivity contribution in [3.8, 4) is 0 Å². The van der Waals surface area contributed by atoms with E-state index in [4.69, 9.17) is 4.42 Å². The molecule has 5 heteroatoms. The summed E-state index contributed by atoms with van der Waals surface area (Å²) < 4.78 is 5.45. The molecule has 1 amide bonds. The smallest absolute Gasteiger partial charge is 0.223 e. The van der Waals surface area contributed by atoms with E-state index in [0.29, 0.717) is 18.5 Å². The van der Waals surface area contributed by atoms with Gasteiger partial charge in [-0.25, -0.2) is 4.98 Å². The van der Waals surface area contributed by atoms with Gasteiger partial charge in [-0.1, -0.05) is 6.92 Å². The number of aryl methyl sites for hydroxylation is 1. The number of carbonyl (C=O) groups excluding carboxylic acids is 1. The molecule has 0 spiro atoms. The Morgan fingerprint density at radius 1 is 1.67 bits per heavy atom. The molecular weight excluding hydrogens is 230 g/mol. The highest BCUT2D eigenvalue weighted by Gasteiger charge is 2.24. The fourth-order valence-corrected chi connectivity index (χ4v) is 2.27. The number of hydrogen-bond acceptors (Lipinski definition) is 4. The van der Waals surface area contributed by atoms with E-state index in [1.54, 1.807) is 6.20 Å². The zero-order valence-electron chi connectivity index (χ0n) is 11.0. The van der Waals surface area contributed by atoms with Gasteiger partial charge in [-0.15, -0.1) is 0 Å². The molecule has 2 rings (SSSR count). The van der Waals surface area contributed by atoms with Gasteiger partial charge in [0, 0.05) is 18.4 Å². The molecular formula is C13H21N3O2. The Hall–Kier alpha value is -1.36. The molecule has 1 saturated heterocycles. The van der Waals surface area contributed by atoms with Crippen LogP contribution < -0.4 is 10.6 Å². The molecule has 0 radical (unpaired) electrons. The highest BCUT2D eigenvalue weighted by Crippen LogP contribution is 2.16. The first-order valence-electron chi connectivity index (χ1n) is 6.63. The minimum absolute atomic E-state index is 0.111. The Morgan fingerprint density at radius 2 is 2.50 bits per heavy atom. The molecule has 2 N–H and O–H groups in total. The summed E-state index contributed by atoms with van der Waals surface area (Å²) in [4.78, 5) is 16.1. The van der Waals surface area contributed by atoms with Crippen molar-refractivity contribution in [1.29, 1.82) is 0 Å². The maximum Gasteiger partial charge on any atom is 0.223 e. The standard InChI is InChI=1S/C13H21N3O2/c1-3-11-7-15-12(18-11)8-16-13(17)10-4-5-14-9(2)6-10/h7,9-10,14H,3-6,8H2,1-2H3,(H,16,17). The van der Waals surface area contributed by atoms with Crippen molar-refractivity contribution < 1.29 is 9.21 Å². The maximum absolute atomic E-state index is 12.0. The summed E-state index contributed by atoms with van der Waals surface area (Å²) in [7, 11) is 0. The van der Waals surface area contributed by atoms with Crippen LogP contribution >= 0.6 is 0 Å². The third kappa shape index (κ3) is 3.32. The number of amides is 1. The van der Waals surface area contributed by atoms with E-state index in [9.17, 15) is 4.79 Å². The molecule has 0 aromatic carbocycles. The molecule has 1 aliphatic heterocycles. The second-order valence-corrected chi connectivity index (χ2v) is 4.87. The fourth-order valence-electron chi connectivity index (χ4n) is 2.27. The summed E-state index contributed by atoms with van der Waals surface area (Å²) in [6, 6.07) is 0.419. The normalized spacial score (nSPS) is 23.9. The van der Waals surface area contributed by atoms with Crippen LogP contribution in [0.3, 0.4) is 0 Å². The molecule has 18 heavy (non-hydrogen) atoms. The number of oxazole rings is 1. The van der Waals surface area contributed by atoms with Crippen LogP contribution in [-0.4, -0.2) is 23.5 Å². The van der Waals surface area contributed by atoms with E-state index in [1.165, 1.54) is 0 Å². The minimum Gasteiger partial charge on any atom is -0.444 e. The van der Waals surface area contributed by atoms with Crippen LogP contribution in [0.15, 0.2) is 10.6 Å². The number of rotatable bonds is 4. The molecule has 1 aliphatic rings. The number of aromatic nitrogens is 1. The van der Waals surface area contributed by atoms with Crippen LogP contribution in [0.25, 0.3) is 0 Å². The molecule has 1 aromatic rings. The SMILES string of the molecule is CCc1cnc(CNC(=O)C2CCNC(C)C2)o1. The highest BCUT2D eigenvalue weighted by molar-refractivity contribution is 5.78. The summed E-state index contributed by atoms with van der Waals surface area (Å²) in [6.45, 7) is 5.43. The molecule has 1 aromatic heterocycles. The quantitative estimate of drug-likeness (QED) is 0.845. The minimum atomic E-state index is 0.111. The van der Waals surface area contributed by atoms with Gasteiger partial charge in [0.2, 0.25) is 11.8 Å². The van der Waals surface area contributed by atoms with Gasteiger partial charge in [-0.3, -0.25) is 4.79 Å². The van der Waals surface area contributed by atoms with Crippen LogP contribution in [0, 0.1) is 5.92 Å². The van der Waals surface area contributed by atoms with E-state index < -0.39 is 0 Å². The Balaban J connectivity index is 1.80. The molecule has 0 saturated carbocycles. The zero-order chi connectivity index (χ0) is 13.0. The predicted molar refractivity (Wildman–Crippen MR) is 67.9 cm³/mol. The average molecular weight is 251 g/mol. The topological polar surface area (TPSA) is 67.2 Å². The highest BCUT2D eigenvalue weighted by atomic mass is 16.4. The first-order chi connectivity index (χ1) is 8.69. The van der Waals surface area contributed by atoms with Crippen LogP contribution in [0.2, 0.25) is 0 Å². The molecule has 5 nitrogen and oxygen atoms in total. The Morgan fingerprint density at radius 3 is 3.17 bits per heavy atom. The first-order valence-corrected chi connectivity index (χ1v) is 6.63. The number of piperidine rings is 1. The van der Waals surface area contributed by atoms with Crippen molar-refractivity contribution in [2.75, 3.05) is 6.54 Å².